The molecule has 0 amide bonds. The Morgan fingerprint density at radius 3 is 2.53 bits per heavy atom. The van der Waals surface area contributed by atoms with Gasteiger partial charge in [0.15, 0.2) is 0 Å². The molecule has 0 radical (unpaired) electrons. The molecule has 0 saturated heterocycles. The monoisotopic (exact) mass is 261 g/mol. The smallest absolute Gasteiger partial charge is 0.150 e. The zero-order valence-corrected chi connectivity index (χ0v) is 12.2. The lowest BCUT2D eigenvalue weighted by Crippen LogP contribution is -2.40. The first-order chi connectivity index (χ1) is 7.76. The highest BCUT2D eigenvalue weighted by Gasteiger charge is 2.33. The zero-order valence-electron chi connectivity index (χ0n) is 11.4. The van der Waals surface area contributed by atoms with Gasteiger partial charge in [0.1, 0.15) is 9.84 Å². The van der Waals surface area contributed by atoms with Crippen LogP contribution in [-0.4, -0.2) is 26.0 Å². The van der Waals surface area contributed by atoms with Gasteiger partial charge in [-0.05, 0) is 43.4 Å². The molecule has 2 N–H and O–H groups in total. The number of hydrogen-bond acceptors (Lipinski definition) is 3. The maximum Gasteiger partial charge on any atom is 0.150 e. The summed E-state index contributed by atoms with van der Waals surface area (Å²) >= 11 is 0. The van der Waals surface area contributed by atoms with E-state index in [0.717, 1.165) is 25.7 Å². The Kier molecular flexibility index (Phi) is 5.02. The molecule has 3 nitrogen and oxygen atoms in total. The Morgan fingerprint density at radius 1 is 1.29 bits per heavy atom. The lowest BCUT2D eigenvalue weighted by atomic mass is 9.69. The second-order valence-electron chi connectivity index (χ2n) is 6.27. The molecule has 0 aromatic heterocycles. The van der Waals surface area contributed by atoms with Crippen molar-refractivity contribution >= 4 is 9.84 Å². The second kappa shape index (κ2) is 5.70. The molecule has 1 rings (SSSR count). The van der Waals surface area contributed by atoms with Crippen molar-refractivity contribution in [3.63, 3.8) is 0 Å². The Bertz CT molecular complexity index is 335. The van der Waals surface area contributed by atoms with E-state index in [0.29, 0.717) is 29.3 Å². The van der Waals surface area contributed by atoms with Crippen LogP contribution < -0.4 is 5.73 Å². The van der Waals surface area contributed by atoms with Crippen LogP contribution in [0, 0.1) is 11.3 Å². The predicted molar refractivity (Wildman–Crippen MR) is 72.7 cm³/mol. The lowest BCUT2D eigenvalue weighted by molar-refractivity contribution is 0.155. The van der Waals surface area contributed by atoms with Gasteiger partial charge in [0.2, 0.25) is 0 Å². The molecule has 0 bridgehead atoms. The third-order valence-electron chi connectivity index (χ3n) is 3.89. The quantitative estimate of drug-likeness (QED) is 0.826. The summed E-state index contributed by atoms with van der Waals surface area (Å²) < 4.78 is 23.4. The summed E-state index contributed by atoms with van der Waals surface area (Å²) in [7, 11) is -2.85. The van der Waals surface area contributed by atoms with Gasteiger partial charge >= 0.3 is 0 Å². The fraction of sp³-hybridized carbons (Fsp3) is 1.00. The van der Waals surface area contributed by atoms with Crippen molar-refractivity contribution in [2.75, 3.05) is 11.5 Å². The van der Waals surface area contributed by atoms with Crippen molar-refractivity contribution in [1.29, 1.82) is 0 Å². The van der Waals surface area contributed by atoms with E-state index in [-0.39, 0.29) is 6.04 Å². The number of nitrogens with two attached hydrogens (primary N) is 1. The van der Waals surface area contributed by atoms with Gasteiger partial charge in [0, 0.05) is 11.8 Å². The van der Waals surface area contributed by atoms with Crippen LogP contribution in [0.1, 0.15) is 52.9 Å². The van der Waals surface area contributed by atoms with E-state index in [2.05, 4.69) is 13.8 Å². The van der Waals surface area contributed by atoms with Crippen LogP contribution in [0.2, 0.25) is 0 Å². The fourth-order valence-electron chi connectivity index (χ4n) is 2.82. The lowest BCUT2D eigenvalue weighted by Gasteiger charge is -2.39. The summed E-state index contributed by atoms with van der Waals surface area (Å²) in [5.41, 5.74) is 6.44. The Morgan fingerprint density at radius 2 is 1.94 bits per heavy atom. The molecule has 0 heterocycles. The van der Waals surface area contributed by atoms with Crippen molar-refractivity contribution in [2.24, 2.45) is 17.1 Å². The van der Waals surface area contributed by atoms with Crippen molar-refractivity contribution in [1.82, 2.24) is 0 Å². The third-order valence-corrected chi connectivity index (χ3v) is 5.78. The molecule has 4 heteroatoms. The molecule has 0 spiro atoms. The van der Waals surface area contributed by atoms with Gasteiger partial charge in [0.05, 0.1) is 5.75 Å². The number of sulfone groups is 1. The second-order valence-corrected chi connectivity index (χ2v) is 8.58. The van der Waals surface area contributed by atoms with Gasteiger partial charge in [-0.2, -0.15) is 0 Å². The summed E-state index contributed by atoms with van der Waals surface area (Å²) in [6.07, 6.45) is 4.71. The highest BCUT2D eigenvalue weighted by atomic mass is 32.2. The average Bonchev–Trinajstić information content (AvgIpc) is 2.19. The third kappa shape index (κ3) is 4.96. The molecule has 1 saturated carbocycles. The maximum atomic E-state index is 11.7. The van der Waals surface area contributed by atoms with E-state index in [1.807, 2.05) is 6.92 Å². The average molecular weight is 261 g/mol. The highest BCUT2D eigenvalue weighted by molar-refractivity contribution is 7.91. The fourth-order valence-corrected chi connectivity index (χ4v) is 4.30. The number of rotatable bonds is 5. The summed E-state index contributed by atoms with van der Waals surface area (Å²) in [5.74, 6) is 1.01. The van der Waals surface area contributed by atoms with Gasteiger partial charge in [-0.3, -0.25) is 0 Å². The van der Waals surface area contributed by atoms with Gasteiger partial charge in [-0.1, -0.05) is 20.8 Å². The highest BCUT2D eigenvalue weighted by Crippen LogP contribution is 2.39. The van der Waals surface area contributed by atoms with Crippen molar-refractivity contribution in [2.45, 2.75) is 58.9 Å². The minimum atomic E-state index is -2.85. The van der Waals surface area contributed by atoms with Gasteiger partial charge in [0.25, 0.3) is 0 Å². The molecule has 2 atom stereocenters. The molecule has 17 heavy (non-hydrogen) atoms. The zero-order chi connectivity index (χ0) is 13.1. The normalized spacial score (nSPS) is 29.2. The van der Waals surface area contributed by atoms with Crippen LogP contribution in [0.3, 0.4) is 0 Å². The topological polar surface area (TPSA) is 60.2 Å². The largest absolute Gasteiger partial charge is 0.327 e. The summed E-state index contributed by atoms with van der Waals surface area (Å²) in [6, 6.07) is 0.194. The van der Waals surface area contributed by atoms with Crippen LogP contribution in [-0.2, 0) is 9.84 Å². The first-order valence-corrected chi connectivity index (χ1v) is 8.54. The van der Waals surface area contributed by atoms with Crippen LogP contribution in [0.4, 0.5) is 0 Å². The molecule has 1 aliphatic carbocycles. The SMILES string of the molecule is CCCS(=O)(=O)CCC1CC(C)(C)CCC1N. The summed E-state index contributed by atoms with van der Waals surface area (Å²) in [6.45, 7) is 6.42. The molecule has 102 valence electrons. The molecule has 1 aliphatic rings. The number of hydrogen-bond donors (Lipinski definition) is 1. The predicted octanol–water partition coefficient (Wildman–Crippen LogP) is 2.35. The van der Waals surface area contributed by atoms with Crippen LogP contribution >= 0.6 is 0 Å². The molecule has 0 aromatic carbocycles. The summed E-state index contributed by atoms with van der Waals surface area (Å²) in [4.78, 5) is 0. The molecule has 2 unspecified atom stereocenters. The van der Waals surface area contributed by atoms with E-state index < -0.39 is 9.84 Å². The van der Waals surface area contributed by atoms with Crippen LogP contribution in [0.15, 0.2) is 0 Å². The maximum absolute atomic E-state index is 11.7. The minimum absolute atomic E-state index is 0.194. The van der Waals surface area contributed by atoms with E-state index in [4.69, 9.17) is 5.73 Å². The van der Waals surface area contributed by atoms with Crippen LogP contribution in [0.5, 0.6) is 0 Å². The van der Waals surface area contributed by atoms with Crippen molar-refractivity contribution in [3.8, 4) is 0 Å². The van der Waals surface area contributed by atoms with E-state index >= 15 is 0 Å². The minimum Gasteiger partial charge on any atom is -0.327 e. The molecular weight excluding hydrogens is 234 g/mol. The van der Waals surface area contributed by atoms with E-state index in [1.54, 1.807) is 0 Å². The van der Waals surface area contributed by atoms with Gasteiger partial charge < -0.3 is 5.73 Å². The van der Waals surface area contributed by atoms with Gasteiger partial charge in [-0.15, -0.1) is 0 Å². The molecule has 0 aromatic rings. The molecular formula is C13H27NO2S. The Balaban J connectivity index is 2.50. The Hall–Kier alpha value is -0.0900. The molecule has 0 aliphatic heterocycles. The first-order valence-electron chi connectivity index (χ1n) is 6.72. The van der Waals surface area contributed by atoms with E-state index in [1.165, 1.54) is 0 Å². The Labute approximate surface area is 106 Å². The van der Waals surface area contributed by atoms with Crippen LogP contribution in [0.25, 0.3) is 0 Å². The first kappa shape index (κ1) is 15.0. The van der Waals surface area contributed by atoms with E-state index in [9.17, 15) is 8.42 Å². The van der Waals surface area contributed by atoms with Crippen molar-refractivity contribution in [3.05, 3.63) is 0 Å². The standard InChI is InChI=1S/C13H27NO2S/c1-4-8-17(15,16)9-6-11-10-13(2,3)7-5-12(11)14/h11-12H,4-10,14H2,1-3H3. The summed E-state index contributed by atoms with van der Waals surface area (Å²) in [5, 5.41) is 0. The molecule has 1 fully saturated rings. The van der Waals surface area contributed by atoms with Gasteiger partial charge in [-0.25, -0.2) is 8.42 Å². The van der Waals surface area contributed by atoms with Crippen molar-refractivity contribution < 1.29 is 8.42 Å².